The molecule has 0 saturated heterocycles. The Morgan fingerprint density at radius 2 is 0.583 bits per heavy atom. The van der Waals surface area contributed by atoms with Crippen LogP contribution in [0, 0.1) is 0 Å². The summed E-state index contributed by atoms with van der Waals surface area (Å²) in [5, 5.41) is 129. The van der Waals surface area contributed by atoms with E-state index in [1.807, 2.05) is 0 Å². The van der Waals surface area contributed by atoms with Crippen LogP contribution in [0.25, 0.3) is 66.9 Å². The molecule has 3 heterocycles. The zero-order valence-electron chi connectivity index (χ0n) is 49.9. The topological polar surface area (TPSA) is 476 Å². The molecule has 0 radical (unpaired) electrons. The van der Waals surface area contributed by atoms with Crippen LogP contribution in [0.2, 0.25) is 0 Å². The first-order valence-electron chi connectivity index (χ1n) is 28.8. The first-order valence-corrected chi connectivity index (χ1v) is 28.8. The summed E-state index contributed by atoms with van der Waals surface area (Å²) in [5.74, 6) is -10.3. The van der Waals surface area contributed by atoms with Gasteiger partial charge in [-0.1, -0.05) is 0 Å². The van der Waals surface area contributed by atoms with E-state index in [-0.39, 0.29) is 163 Å². The van der Waals surface area contributed by atoms with E-state index in [4.69, 9.17) is 41.7 Å². The van der Waals surface area contributed by atoms with Crippen molar-refractivity contribution in [2.45, 2.75) is 0 Å². The molecule has 0 fully saturated rings. The average molecular weight is 1320 g/mol. The second kappa shape index (κ2) is 29.0. The molecule has 30 nitrogen and oxygen atoms in total. The van der Waals surface area contributed by atoms with E-state index in [1.54, 1.807) is 0 Å². The minimum Gasteiger partial charge on any atom is -0.508 e. The number of nitrogens with one attached hydrogen (secondary N) is 3. The molecular weight excluding hydrogens is 1270 g/mol. The molecule has 7 aromatic carbocycles. The number of hydrogen-bond donors (Lipinski definition) is 15. The highest BCUT2D eigenvalue weighted by Crippen LogP contribution is 2.42. The highest BCUT2D eigenvalue weighted by molar-refractivity contribution is 6.04. The number of phenolic OH excluding ortho intramolecular Hbond substituents is 12. The Morgan fingerprint density at radius 3 is 0.844 bits per heavy atom. The fourth-order valence-corrected chi connectivity index (χ4v) is 9.71. The van der Waals surface area contributed by atoms with Gasteiger partial charge in [-0.15, -0.1) is 0 Å². The van der Waals surface area contributed by atoms with Crippen LogP contribution in [-0.4, -0.2) is 158 Å². The van der Waals surface area contributed by atoms with Gasteiger partial charge in [-0.3, -0.25) is 28.8 Å². The second-order valence-electron chi connectivity index (χ2n) is 20.8. The number of aromatic hydroxyl groups is 12. The third-order valence-corrected chi connectivity index (χ3v) is 14.2. The lowest BCUT2D eigenvalue weighted by molar-refractivity contribution is 0.0862. The highest BCUT2D eigenvalue weighted by atomic mass is 16.5. The van der Waals surface area contributed by atoms with Gasteiger partial charge in [-0.25, -0.2) is 0 Å². The van der Waals surface area contributed by atoms with Crippen LogP contribution >= 0.6 is 0 Å². The van der Waals surface area contributed by atoms with Gasteiger partial charge in [0.25, 0.3) is 17.7 Å². The maximum Gasteiger partial charge on any atom is 0.251 e. The van der Waals surface area contributed by atoms with Gasteiger partial charge in [0.15, 0.2) is 51.8 Å². The predicted molar refractivity (Wildman–Crippen MR) is 336 cm³/mol. The lowest BCUT2D eigenvalue weighted by Gasteiger charge is -2.14. The summed E-state index contributed by atoms with van der Waals surface area (Å²) in [6.45, 7) is -2.34. The number of benzene rings is 7. The molecule has 96 heavy (non-hydrogen) atoms. The molecular formula is C66H57N3O27. The van der Waals surface area contributed by atoms with Crippen molar-refractivity contribution in [3.8, 4) is 120 Å². The molecule has 0 aliphatic carbocycles. The lowest BCUT2D eigenvalue weighted by Crippen LogP contribution is -2.32. The molecule has 0 aliphatic heterocycles. The summed E-state index contributed by atoms with van der Waals surface area (Å²) >= 11 is 0. The average Bonchev–Trinajstić information content (AvgIpc) is 0.781. The SMILES string of the molecule is O=C(NCCOCCOc1c(-c2ccc(O)c(O)c2)oc2cc(O)cc(O)c2c1=O)c1cc(C(=O)NCCOCCOc2c(-c3ccc(O)c(O)c3)oc3cc(O)cc(O)c3c2=O)cc(C(=O)NCCOCCOc2c(-c3ccc(O)c(O)c3)oc3cc(O)cc(O)c3c2=O)c1. The normalized spacial score (nSPS) is 11.2. The number of ether oxygens (including phenoxy) is 6. The van der Waals surface area contributed by atoms with Crippen molar-refractivity contribution in [1.82, 2.24) is 16.0 Å². The van der Waals surface area contributed by atoms with Crippen LogP contribution < -0.4 is 46.4 Å². The van der Waals surface area contributed by atoms with Crippen LogP contribution in [0.4, 0.5) is 0 Å². The molecule has 3 amide bonds. The van der Waals surface area contributed by atoms with Gasteiger partial charge in [-0.2, -0.15) is 0 Å². The Hall–Kier alpha value is -12.5. The summed E-state index contributed by atoms with van der Waals surface area (Å²) < 4.78 is 51.7. The van der Waals surface area contributed by atoms with Crippen LogP contribution in [0.15, 0.2) is 137 Å². The number of rotatable bonds is 27. The van der Waals surface area contributed by atoms with Crippen molar-refractivity contribution in [1.29, 1.82) is 0 Å². The van der Waals surface area contributed by atoms with E-state index in [0.717, 1.165) is 72.8 Å². The van der Waals surface area contributed by atoms with E-state index < -0.39 is 120 Å². The standard InChI is InChI=1S/C66H57N3O27/c70-37-25-46(79)52-49(28-37)94-58(31-1-4-40(73)43(76)22-31)61(55(52)82)91-16-13-88-10-7-67-64(85)34-19-35(65(86)68-8-11-89-14-17-92-62-56(83)53-47(80)26-38(71)29-50(53)95-59(62)32-2-5-41(74)44(77)23-32)21-36(20-34)66(87)69-9-12-90-15-18-93-63-57(84)54-48(81)27-39(72)30-51(54)96-60(63)33-3-6-42(75)45(78)24-33/h1-6,19-30,70-81H,7-18H2,(H,67,85)(H,68,86)(H,69,87). The Balaban J connectivity index is 0.767. The Labute approximate surface area is 538 Å². The van der Waals surface area contributed by atoms with Gasteiger partial charge < -0.3 is 119 Å². The monoisotopic (exact) mass is 1320 g/mol. The lowest BCUT2D eigenvalue weighted by atomic mass is 10.0. The van der Waals surface area contributed by atoms with Crippen molar-refractivity contribution < 1.29 is 117 Å². The van der Waals surface area contributed by atoms with Gasteiger partial charge in [0.05, 0.1) is 39.6 Å². The van der Waals surface area contributed by atoms with Crippen molar-refractivity contribution in [2.75, 3.05) is 79.1 Å². The van der Waals surface area contributed by atoms with E-state index in [1.165, 1.54) is 36.4 Å². The number of carbonyl (C=O) groups is 3. The maximum atomic E-state index is 13.7. The number of amides is 3. The van der Waals surface area contributed by atoms with E-state index in [0.29, 0.717) is 0 Å². The Bertz CT molecular complexity index is 4360. The minimum atomic E-state index is -0.845. The van der Waals surface area contributed by atoms with Gasteiger partial charge in [0.1, 0.15) is 87.2 Å². The summed E-state index contributed by atoms with van der Waals surface area (Å²) in [7, 11) is 0. The third kappa shape index (κ3) is 14.8. The minimum absolute atomic E-state index is 0.0846. The van der Waals surface area contributed by atoms with E-state index >= 15 is 0 Å². The molecule has 498 valence electrons. The van der Waals surface area contributed by atoms with Gasteiger partial charge in [0, 0.05) is 89.4 Å². The summed E-state index contributed by atoms with van der Waals surface area (Å²) in [4.78, 5) is 82.1. The number of phenols is 12. The molecule has 10 rings (SSSR count). The first kappa shape index (κ1) is 66.4. The van der Waals surface area contributed by atoms with Crippen molar-refractivity contribution in [3.63, 3.8) is 0 Å². The Morgan fingerprint density at radius 1 is 0.312 bits per heavy atom. The van der Waals surface area contributed by atoms with Crippen LogP contribution in [0.5, 0.6) is 86.2 Å². The number of hydrogen-bond acceptors (Lipinski definition) is 27. The number of carbonyl (C=O) groups excluding carboxylic acids is 3. The summed E-state index contributed by atoms with van der Waals surface area (Å²) in [6.07, 6.45) is 0. The molecule has 30 heteroatoms. The van der Waals surface area contributed by atoms with Crippen molar-refractivity contribution >= 4 is 50.6 Å². The zero-order valence-corrected chi connectivity index (χ0v) is 49.9. The highest BCUT2D eigenvalue weighted by Gasteiger charge is 2.26. The largest absolute Gasteiger partial charge is 0.508 e. The molecule has 0 spiro atoms. The number of fused-ring (bicyclic) bond motifs is 3. The molecule has 0 saturated carbocycles. The van der Waals surface area contributed by atoms with Crippen molar-refractivity contribution in [2.24, 2.45) is 0 Å². The smallest absolute Gasteiger partial charge is 0.251 e. The fourth-order valence-electron chi connectivity index (χ4n) is 9.71. The maximum absolute atomic E-state index is 13.7. The third-order valence-electron chi connectivity index (χ3n) is 14.2. The molecule has 10 aromatic rings. The second-order valence-corrected chi connectivity index (χ2v) is 20.8. The van der Waals surface area contributed by atoms with Crippen LogP contribution in [0.1, 0.15) is 31.1 Å². The van der Waals surface area contributed by atoms with E-state index in [9.17, 15) is 90.0 Å². The zero-order chi connectivity index (χ0) is 68.5. The molecule has 0 bridgehead atoms. The van der Waals surface area contributed by atoms with Gasteiger partial charge >= 0.3 is 0 Å². The van der Waals surface area contributed by atoms with Crippen LogP contribution in [-0.2, 0) is 14.2 Å². The molecule has 15 N–H and O–H groups in total. The summed E-state index contributed by atoms with van der Waals surface area (Å²) in [6, 6.07) is 20.4. The summed E-state index contributed by atoms with van der Waals surface area (Å²) in [5.41, 5.74) is -3.39. The molecule has 0 unspecified atom stereocenters. The van der Waals surface area contributed by atoms with Gasteiger partial charge in [0.2, 0.25) is 33.5 Å². The Kier molecular flexibility index (Phi) is 20.0. The molecule has 0 aliphatic rings. The van der Waals surface area contributed by atoms with Gasteiger partial charge in [-0.05, 0) is 72.8 Å². The van der Waals surface area contributed by atoms with Crippen molar-refractivity contribution in [3.05, 3.63) is 157 Å². The fraction of sp³-hybridized carbons (Fsp3) is 0.182. The molecule has 3 aromatic heterocycles. The quantitative estimate of drug-likeness (QED) is 0.0209. The predicted octanol–water partition coefficient (Wildman–Crippen LogP) is 5.95. The van der Waals surface area contributed by atoms with Crippen LogP contribution in [0.3, 0.4) is 0 Å². The first-order chi connectivity index (χ1) is 46.0. The molecule has 0 atom stereocenters. The van der Waals surface area contributed by atoms with E-state index in [2.05, 4.69) is 16.0 Å².